The Balaban J connectivity index is 0.868. The highest BCUT2D eigenvalue weighted by molar-refractivity contribution is 7.71. The number of benzene rings is 3. The van der Waals surface area contributed by atoms with Crippen molar-refractivity contribution < 1.29 is 27.7 Å². The molecule has 3 aliphatic heterocycles. The quantitative estimate of drug-likeness (QED) is 0.0853. The van der Waals surface area contributed by atoms with E-state index >= 15 is 8.78 Å². The van der Waals surface area contributed by atoms with E-state index in [-0.39, 0.29) is 18.4 Å². The van der Waals surface area contributed by atoms with Gasteiger partial charge in [-0.3, -0.25) is 29.8 Å². The summed E-state index contributed by atoms with van der Waals surface area (Å²) in [4.78, 5) is 49.5. The standard InChI is InChI=1S/C46H55F2N10O4P/c1-6-30-25-37(53-46-51-27-28(2)44(55-46)52-36-9-8-35-42(50-15-14-49-35)43(36)63(4,5)61)39(62-3)26-38(30)58-17-12-31(13-18-58)57-21-19-56(20-22-57)16-11-29-23-33(47)41(34(48)24-29)32-7-10-40(59)54-45(32)60/h8-9,14-15,23-27,31-32H,6-7,10-13,16-22H2,1-5H3,(H,54,59,60)(H2,51,52,53,55)/t32-/m1/s1. The van der Waals surface area contributed by atoms with Gasteiger partial charge >= 0.3 is 0 Å². The number of ether oxygens (including phenoxy) is 1. The molecule has 8 rings (SSSR count). The molecule has 3 N–H and O–H groups in total. The van der Waals surface area contributed by atoms with Gasteiger partial charge in [0.15, 0.2) is 0 Å². The first-order valence-corrected chi connectivity index (χ1v) is 24.3. The van der Waals surface area contributed by atoms with Crippen molar-refractivity contribution >= 4 is 64.1 Å². The minimum Gasteiger partial charge on any atom is -0.494 e. The summed E-state index contributed by atoms with van der Waals surface area (Å²) >= 11 is 0. The Labute approximate surface area is 366 Å². The van der Waals surface area contributed by atoms with Gasteiger partial charge in [-0.05, 0) is 93.8 Å². The van der Waals surface area contributed by atoms with E-state index in [9.17, 15) is 14.2 Å². The molecular weight excluding hydrogens is 826 g/mol. The first kappa shape index (κ1) is 44.1. The Bertz CT molecular complexity index is 2550. The van der Waals surface area contributed by atoms with Crippen LogP contribution in [0.3, 0.4) is 0 Å². The molecule has 0 spiro atoms. The van der Waals surface area contributed by atoms with E-state index in [1.165, 1.54) is 17.7 Å². The zero-order valence-corrected chi connectivity index (χ0v) is 37.4. The fourth-order valence-electron chi connectivity index (χ4n) is 9.20. The fourth-order valence-corrected chi connectivity index (χ4v) is 10.6. The molecule has 2 aromatic heterocycles. The first-order chi connectivity index (χ1) is 30.3. The van der Waals surface area contributed by atoms with Gasteiger partial charge in [-0.15, -0.1) is 0 Å². The maximum absolute atomic E-state index is 15.1. The van der Waals surface area contributed by atoms with E-state index < -0.39 is 36.5 Å². The van der Waals surface area contributed by atoms with Gasteiger partial charge in [0.05, 0.1) is 35.2 Å². The number of rotatable bonds is 13. The molecule has 3 saturated heterocycles. The molecule has 5 aromatic rings. The Morgan fingerprint density at radius 2 is 1.63 bits per heavy atom. The lowest BCUT2D eigenvalue weighted by atomic mass is 9.89. The van der Waals surface area contributed by atoms with Crippen molar-refractivity contribution in [2.75, 3.05) is 81.8 Å². The third kappa shape index (κ3) is 9.68. The molecule has 14 nitrogen and oxygen atoms in total. The minimum atomic E-state index is -2.77. The lowest BCUT2D eigenvalue weighted by molar-refractivity contribution is -0.134. The number of methoxy groups -OCH3 is 1. The number of fused-ring (bicyclic) bond motifs is 1. The number of piperazine rings is 1. The Morgan fingerprint density at radius 1 is 0.905 bits per heavy atom. The molecule has 3 aromatic carbocycles. The number of amides is 2. The number of hydrogen-bond acceptors (Lipinski definition) is 13. The number of nitrogens with zero attached hydrogens (tertiary/aromatic N) is 7. The van der Waals surface area contributed by atoms with Crippen LogP contribution in [0, 0.1) is 18.6 Å². The van der Waals surface area contributed by atoms with Gasteiger partial charge in [-0.1, -0.05) is 6.92 Å². The predicted octanol–water partition coefficient (Wildman–Crippen LogP) is 6.66. The second-order valence-corrected chi connectivity index (χ2v) is 20.2. The van der Waals surface area contributed by atoms with Crippen LogP contribution in [0.5, 0.6) is 5.75 Å². The van der Waals surface area contributed by atoms with Crippen LogP contribution < -0.4 is 30.9 Å². The average molecular weight is 881 g/mol. The van der Waals surface area contributed by atoms with Crippen LogP contribution in [-0.2, 0) is 27.0 Å². The average Bonchev–Trinajstić information content (AvgIpc) is 3.27. The molecule has 0 unspecified atom stereocenters. The van der Waals surface area contributed by atoms with Crippen molar-refractivity contribution in [3.8, 4) is 5.75 Å². The van der Waals surface area contributed by atoms with Crippen molar-refractivity contribution in [2.24, 2.45) is 0 Å². The largest absolute Gasteiger partial charge is 0.494 e. The maximum Gasteiger partial charge on any atom is 0.234 e. The molecule has 0 bridgehead atoms. The van der Waals surface area contributed by atoms with Gasteiger partial charge in [0.25, 0.3) is 0 Å². The Morgan fingerprint density at radius 3 is 2.32 bits per heavy atom. The number of anilines is 5. The van der Waals surface area contributed by atoms with E-state index in [0.29, 0.717) is 64.1 Å². The van der Waals surface area contributed by atoms with Crippen LogP contribution >= 0.6 is 7.14 Å². The zero-order valence-electron chi connectivity index (χ0n) is 36.5. The van der Waals surface area contributed by atoms with Gasteiger partial charge in [-0.25, -0.2) is 13.8 Å². The van der Waals surface area contributed by atoms with Crippen molar-refractivity contribution in [1.82, 2.24) is 35.1 Å². The smallest absolute Gasteiger partial charge is 0.234 e. The van der Waals surface area contributed by atoms with E-state index in [0.717, 1.165) is 75.5 Å². The molecule has 0 radical (unpaired) electrons. The molecule has 63 heavy (non-hydrogen) atoms. The first-order valence-electron chi connectivity index (χ1n) is 21.7. The van der Waals surface area contributed by atoms with E-state index in [1.807, 2.05) is 19.1 Å². The maximum atomic E-state index is 15.1. The van der Waals surface area contributed by atoms with Crippen molar-refractivity contribution in [2.45, 2.75) is 64.3 Å². The SMILES string of the molecule is CCc1cc(Nc2ncc(C)c(Nc3ccc4nccnc4c3P(C)(C)=O)n2)c(OC)cc1N1CCC(N2CCN(CCc3cc(F)c([C@H]4CCC(=O)NC4=O)c(F)c3)CC2)CC1. The van der Waals surface area contributed by atoms with Gasteiger partial charge in [0, 0.05) is 99.7 Å². The molecule has 0 aliphatic carbocycles. The molecule has 0 saturated carbocycles. The van der Waals surface area contributed by atoms with Crippen LogP contribution in [0.15, 0.2) is 55.0 Å². The van der Waals surface area contributed by atoms with Crippen molar-refractivity contribution in [3.05, 3.63) is 88.9 Å². The molecule has 3 aliphatic rings. The number of piperidine rings is 2. The molecule has 3 fully saturated rings. The fraction of sp³-hybridized carbons (Fsp3) is 0.435. The summed E-state index contributed by atoms with van der Waals surface area (Å²) in [7, 11) is -1.10. The third-order valence-electron chi connectivity index (χ3n) is 12.6. The van der Waals surface area contributed by atoms with Crippen LogP contribution in [0.4, 0.5) is 37.6 Å². The number of aryl methyl sites for hydroxylation is 2. The number of carbonyl (C=O) groups is 2. The predicted molar refractivity (Wildman–Crippen MR) is 243 cm³/mol. The highest BCUT2D eigenvalue weighted by Gasteiger charge is 2.33. The number of imide groups is 1. The van der Waals surface area contributed by atoms with Crippen LogP contribution in [0.1, 0.15) is 60.8 Å². The normalized spacial score (nSPS) is 18.1. The number of halogens is 2. The molecule has 1 atom stereocenters. The van der Waals surface area contributed by atoms with Gasteiger partial charge < -0.3 is 29.7 Å². The zero-order chi connectivity index (χ0) is 44.4. The monoisotopic (exact) mass is 880 g/mol. The summed E-state index contributed by atoms with van der Waals surface area (Å²) in [5, 5.41) is 9.62. The number of nitrogens with one attached hydrogen (secondary N) is 3. The summed E-state index contributed by atoms with van der Waals surface area (Å²) in [6, 6.07) is 11.1. The minimum absolute atomic E-state index is 0.0645. The lowest BCUT2D eigenvalue weighted by Gasteiger charge is -2.43. The highest BCUT2D eigenvalue weighted by Crippen LogP contribution is 2.42. The van der Waals surface area contributed by atoms with Crippen molar-refractivity contribution in [1.29, 1.82) is 0 Å². The van der Waals surface area contributed by atoms with E-state index in [2.05, 4.69) is 64.7 Å². The second kappa shape index (κ2) is 18.6. The van der Waals surface area contributed by atoms with Crippen LogP contribution in [0.2, 0.25) is 0 Å². The molecule has 5 heterocycles. The van der Waals surface area contributed by atoms with Gasteiger partial charge in [-0.2, -0.15) is 4.98 Å². The Hall–Kier alpha value is -5.57. The highest BCUT2D eigenvalue weighted by atomic mass is 31.2. The van der Waals surface area contributed by atoms with Crippen LogP contribution in [-0.4, -0.2) is 114 Å². The lowest BCUT2D eigenvalue weighted by Crippen LogP contribution is -2.53. The summed E-state index contributed by atoms with van der Waals surface area (Å²) in [6.07, 6.45) is 8.54. The van der Waals surface area contributed by atoms with E-state index in [1.54, 1.807) is 39.0 Å². The summed E-state index contributed by atoms with van der Waals surface area (Å²) in [5.74, 6) is -1.88. The Kier molecular flexibility index (Phi) is 13.0. The topological polar surface area (TPSA) is 158 Å². The van der Waals surface area contributed by atoms with Crippen molar-refractivity contribution in [3.63, 3.8) is 0 Å². The molecular formula is C46H55F2N10O4P. The van der Waals surface area contributed by atoms with Gasteiger partial charge in [0.1, 0.15) is 35.9 Å². The second-order valence-electron chi connectivity index (χ2n) is 17.1. The number of carbonyl (C=O) groups excluding carboxylic acids is 2. The molecule has 17 heteroatoms. The molecule has 332 valence electrons. The summed E-state index contributed by atoms with van der Waals surface area (Å²) in [5.41, 5.74) is 6.16. The number of hydrogen-bond donors (Lipinski definition) is 3. The van der Waals surface area contributed by atoms with Crippen LogP contribution in [0.25, 0.3) is 11.0 Å². The summed E-state index contributed by atoms with van der Waals surface area (Å²) < 4.78 is 49.7. The van der Waals surface area contributed by atoms with Gasteiger partial charge in [0.2, 0.25) is 17.8 Å². The van der Waals surface area contributed by atoms with E-state index in [4.69, 9.17) is 9.72 Å². The summed E-state index contributed by atoms with van der Waals surface area (Å²) in [6.45, 7) is 13.7. The molecule has 2 amide bonds. The number of aromatic nitrogens is 4. The third-order valence-corrected chi connectivity index (χ3v) is 14.1.